The van der Waals surface area contributed by atoms with Gasteiger partial charge in [-0.05, 0) is 25.5 Å². The largest absolute Gasteiger partial charge is 0.478 e. The molecule has 2 N–H and O–H groups in total. The Labute approximate surface area is 120 Å². The molecule has 5 nitrogen and oxygen atoms in total. The van der Waals surface area contributed by atoms with Crippen LogP contribution in [0.3, 0.4) is 0 Å². The van der Waals surface area contributed by atoms with Gasteiger partial charge in [0.25, 0.3) is 0 Å². The lowest BCUT2D eigenvalue weighted by Gasteiger charge is -2.19. The van der Waals surface area contributed by atoms with Crippen LogP contribution < -0.4 is 5.32 Å². The number of pyridine rings is 1. The second-order valence-electron chi connectivity index (χ2n) is 5.66. The number of anilines is 1. The van der Waals surface area contributed by atoms with Crippen LogP contribution in [0.15, 0.2) is 12.1 Å². The Morgan fingerprint density at radius 3 is 2.65 bits per heavy atom. The number of ether oxygens (including phenoxy) is 1. The van der Waals surface area contributed by atoms with Gasteiger partial charge < -0.3 is 15.2 Å². The number of hydrogen-bond donors (Lipinski definition) is 2. The molecular formula is C15H24N2O3. The standard InChI is InChI=1S/C15H24N2O3/c1-5-20-8-6-7-16-13-10-11(14(18)19)9-12(17-13)15(2,3)4/h9-10H,5-8H2,1-4H3,(H,16,17)(H,18,19). The summed E-state index contributed by atoms with van der Waals surface area (Å²) in [4.78, 5) is 15.7. The molecule has 1 rings (SSSR count). The summed E-state index contributed by atoms with van der Waals surface area (Å²) >= 11 is 0. The highest BCUT2D eigenvalue weighted by Crippen LogP contribution is 2.23. The van der Waals surface area contributed by atoms with Crippen LogP contribution in [0.1, 0.15) is 50.2 Å². The van der Waals surface area contributed by atoms with Crippen molar-refractivity contribution in [1.29, 1.82) is 0 Å². The normalized spacial score (nSPS) is 11.4. The summed E-state index contributed by atoms with van der Waals surface area (Å²) in [7, 11) is 0. The van der Waals surface area contributed by atoms with E-state index in [1.54, 1.807) is 12.1 Å². The lowest BCUT2D eigenvalue weighted by Crippen LogP contribution is -2.17. The number of aromatic nitrogens is 1. The average Bonchev–Trinajstić information content (AvgIpc) is 2.37. The van der Waals surface area contributed by atoms with Crippen molar-refractivity contribution in [2.75, 3.05) is 25.1 Å². The van der Waals surface area contributed by atoms with Crippen molar-refractivity contribution >= 4 is 11.8 Å². The summed E-state index contributed by atoms with van der Waals surface area (Å²) in [6.07, 6.45) is 0.859. The smallest absolute Gasteiger partial charge is 0.335 e. The molecule has 0 saturated heterocycles. The Bertz CT molecular complexity index is 453. The molecule has 0 aromatic carbocycles. The maximum Gasteiger partial charge on any atom is 0.335 e. The molecule has 0 aliphatic heterocycles. The lowest BCUT2D eigenvalue weighted by molar-refractivity contribution is 0.0696. The van der Waals surface area contributed by atoms with Crippen molar-refractivity contribution in [2.24, 2.45) is 0 Å². The molecule has 0 spiro atoms. The molecule has 0 atom stereocenters. The van der Waals surface area contributed by atoms with Gasteiger partial charge in [0.05, 0.1) is 5.56 Å². The predicted molar refractivity (Wildman–Crippen MR) is 79.5 cm³/mol. The monoisotopic (exact) mass is 280 g/mol. The summed E-state index contributed by atoms with van der Waals surface area (Å²) < 4.78 is 5.26. The van der Waals surface area contributed by atoms with Gasteiger partial charge in [-0.2, -0.15) is 0 Å². The van der Waals surface area contributed by atoms with Gasteiger partial charge in [0.1, 0.15) is 5.82 Å². The van der Waals surface area contributed by atoms with E-state index in [0.29, 0.717) is 25.6 Å². The zero-order valence-electron chi connectivity index (χ0n) is 12.7. The molecule has 0 aliphatic rings. The molecule has 0 radical (unpaired) electrons. The third-order valence-electron chi connectivity index (χ3n) is 2.82. The number of carboxylic acid groups (broad SMARTS) is 1. The molecule has 5 heteroatoms. The van der Waals surface area contributed by atoms with Crippen LogP contribution in [0.2, 0.25) is 0 Å². The molecule has 0 saturated carbocycles. The summed E-state index contributed by atoms with van der Waals surface area (Å²) in [6.45, 7) is 10.1. The van der Waals surface area contributed by atoms with E-state index in [9.17, 15) is 4.79 Å². The van der Waals surface area contributed by atoms with E-state index in [1.165, 1.54) is 0 Å². The highest BCUT2D eigenvalue weighted by atomic mass is 16.5. The van der Waals surface area contributed by atoms with E-state index in [-0.39, 0.29) is 11.0 Å². The Hall–Kier alpha value is -1.62. The van der Waals surface area contributed by atoms with Crippen LogP contribution in [0, 0.1) is 0 Å². The SMILES string of the molecule is CCOCCCNc1cc(C(=O)O)cc(C(C)(C)C)n1. The number of hydrogen-bond acceptors (Lipinski definition) is 4. The fourth-order valence-corrected chi connectivity index (χ4v) is 1.66. The number of aromatic carboxylic acids is 1. The first-order valence-corrected chi connectivity index (χ1v) is 6.92. The van der Waals surface area contributed by atoms with E-state index in [0.717, 1.165) is 12.1 Å². The number of nitrogens with one attached hydrogen (secondary N) is 1. The van der Waals surface area contributed by atoms with E-state index in [1.807, 2.05) is 27.7 Å². The minimum absolute atomic E-state index is 0.187. The second-order valence-corrected chi connectivity index (χ2v) is 5.66. The van der Waals surface area contributed by atoms with Gasteiger partial charge in [0, 0.05) is 30.9 Å². The molecule has 1 aromatic heterocycles. The molecule has 0 aliphatic carbocycles. The average molecular weight is 280 g/mol. The van der Waals surface area contributed by atoms with Crippen LogP contribution >= 0.6 is 0 Å². The van der Waals surface area contributed by atoms with Crippen molar-refractivity contribution < 1.29 is 14.6 Å². The van der Waals surface area contributed by atoms with Crippen molar-refractivity contribution in [3.05, 3.63) is 23.4 Å². The van der Waals surface area contributed by atoms with Gasteiger partial charge >= 0.3 is 5.97 Å². The van der Waals surface area contributed by atoms with Crippen LogP contribution in [0.5, 0.6) is 0 Å². The van der Waals surface area contributed by atoms with Crippen LogP contribution in [0.25, 0.3) is 0 Å². The Morgan fingerprint density at radius 1 is 1.40 bits per heavy atom. The lowest BCUT2D eigenvalue weighted by atomic mass is 9.91. The third kappa shape index (κ3) is 5.17. The first kappa shape index (κ1) is 16.4. The summed E-state index contributed by atoms with van der Waals surface area (Å²) in [6, 6.07) is 3.20. The molecule has 1 aromatic rings. The molecule has 0 unspecified atom stereocenters. The van der Waals surface area contributed by atoms with Gasteiger partial charge in [-0.3, -0.25) is 0 Å². The van der Waals surface area contributed by atoms with Crippen LogP contribution in [0.4, 0.5) is 5.82 Å². The minimum atomic E-state index is -0.935. The van der Waals surface area contributed by atoms with Gasteiger partial charge in [-0.25, -0.2) is 9.78 Å². The molecule has 0 fully saturated rings. The molecule has 20 heavy (non-hydrogen) atoms. The second kappa shape index (κ2) is 7.24. The van der Waals surface area contributed by atoms with Gasteiger partial charge in [0.15, 0.2) is 0 Å². The maximum absolute atomic E-state index is 11.2. The molecule has 0 amide bonds. The van der Waals surface area contributed by atoms with Crippen LogP contribution in [-0.2, 0) is 10.2 Å². The minimum Gasteiger partial charge on any atom is -0.478 e. The number of rotatable bonds is 7. The molecule has 1 heterocycles. The maximum atomic E-state index is 11.2. The molecule has 112 valence electrons. The molecule has 0 bridgehead atoms. The highest BCUT2D eigenvalue weighted by Gasteiger charge is 2.18. The topological polar surface area (TPSA) is 71.5 Å². The van der Waals surface area contributed by atoms with E-state index >= 15 is 0 Å². The quantitative estimate of drug-likeness (QED) is 0.751. The summed E-state index contributed by atoms with van der Waals surface area (Å²) in [5.74, 6) is -0.332. The van der Waals surface area contributed by atoms with Crippen molar-refractivity contribution in [3.8, 4) is 0 Å². The van der Waals surface area contributed by atoms with Gasteiger partial charge in [-0.1, -0.05) is 20.8 Å². The van der Waals surface area contributed by atoms with Gasteiger partial charge in [-0.15, -0.1) is 0 Å². The predicted octanol–water partition coefficient (Wildman–Crippen LogP) is 2.92. The first-order valence-electron chi connectivity index (χ1n) is 6.92. The van der Waals surface area contributed by atoms with Crippen molar-refractivity contribution in [3.63, 3.8) is 0 Å². The Kier molecular flexibility index (Phi) is 5.95. The Morgan fingerprint density at radius 2 is 2.10 bits per heavy atom. The van der Waals surface area contributed by atoms with Gasteiger partial charge in [0.2, 0.25) is 0 Å². The fraction of sp³-hybridized carbons (Fsp3) is 0.600. The van der Waals surface area contributed by atoms with Crippen LogP contribution in [-0.4, -0.2) is 35.8 Å². The Balaban J connectivity index is 2.79. The van der Waals surface area contributed by atoms with E-state index < -0.39 is 5.97 Å². The fourth-order valence-electron chi connectivity index (χ4n) is 1.66. The van der Waals surface area contributed by atoms with E-state index in [4.69, 9.17) is 9.84 Å². The van der Waals surface area contributed by atoms with E-state index in [2.05, 4.69) is 10.3 Å². The van der Waals surface area contributed by atoms with Crippen molar-refractivity contribution in [2.45, 2.75) is 39.5 Å². The number of carboxylic acids is 1. The zero-order valence-corrected chi connectivity index (χ0v) is 12.7. The summed E-state index contributed by atoms with van der Waals surface area (Å²) in [5.41, 5.74) is 0.842. The number of carbonyl (C=O) groups is 1. The zero-order chi connectivity index (χ0) is 15.2. The number of nitrogens with zero attached hydrogens (tertiary/aromatic N) is 1. The third-order valence-corrected chi connectivity index (χ3v) is 2.82. The van der Waals surface area contributed by atoms with Crippen molar-refractivity contribution in [1.82, 2.24) is 4.98 Å². The highest BCUT2D eigenvalue weighted by molar-refractivity contribution is 5.88. The first-order chi connectivity index (χ1) is 9.34. The summed E-state index contributed by atoms with van der Waals surface area (Å²) in [5, 5.41) is 12.3. The molecular weight excluding hydrogens is 256 g/mol.